The minimum absolute atomic E-state index is 0.127. The Balaban J connectivity index is 2.04. The van der Waals surface area contributed by atoms with Gasteiger partial charge in [-0.15, -0.1) is 0 Å². The molecule has 0 unspecified atom stereocenters. The van der Waals surface area contributed by atoms with E-state index in [9.17, 15) is 4.79 Å². The number of benzene rings is 1. The molecule has 104 valence electrons. The number of amides is 1. The normalized spacial score (nSPS) is 11.2. The molecule has 0 radical (unpaired) electrons. The Morgan fingerprint density at radius 3 is 2.95 bits per heavy atom. The average molecular weight is 273 g/mol. The van der Waals surface area contributed by atoms with E-state index in [-0.39, 0.29) is 5.84 Å². The maximum absolute atomic E-state index is 10.7. The number of nitrogens with one attached hydrogen (secondary N) is 1. The number of hydrogen-bond donors (Lipinski definition) is 2. The van der Waals surface area contributed by atoms with Gasteiger partial charge in [0.15, 0.2) is 11.7 Å². The van der Waals surface area contributed by atoms with Gasteiger partial charge in [-0.3, -0.25) is 4.79 Å². The van der Waals surface area contributed by atoms with Crippen molar-refractivity contribution in [2.45, 2.75) is 6.61 Å². The minimum atomic E-state index is 0.127. The summed E-state index contributed by atoms with van der Waals surface area (Å²) in [7, 11) is 1.57. The zero-order chi connectivity index (χ0) is 14.4. The number of carbonyl (C=O) groups is 1. The van der Waals surface area contributed by atoms with Crippen molar-refractivity contribution in [2.75, 3.05) is 11.9 Å². The molecule has 0 aliphatic carbocycles. The fourth-order valence-electron chi connectivity index (χ4n) is 1.59. The molecule has 0 aliphatic rings. The molecule has 0 aliphatic heterocycles. The number of imidazole rings is 1. The highest BCUT2D eigenvalue weighted by Gasteiger charge is 2.13. The lowest BCUT2D eigenvalue weighted by atomic mass is 10.2. The smallest absolute Gasteiger partial charge is 0.215 e. The van der Waals surface area contributed by atoms with E-state index in [4.69, 9.17) is 10.6 Å². The highest BCUT2D eigenvalue weighted by Crippen LogP contribution is 2.12. The van der Waals surface area contributed by atoms with Crippen LogP contribution in [-0.2, 0) is 16.2 Å². The summed E-state index contributed by atoms with van der Waals surface area (Å²) in [6.07, 6.45) is 2.07. The van der Waals surface area contributed by atoms with Gasteiger partial charge in [0.2, 0.25) is 6.41 Å². The molecule has 1 amide bonds. The number of nitrogens with two attached hydrogens (primary N) is 1. The molecule has 1 aromatic carbocycles. The Bertz CT molecular complexity index is 594. The Labute approximate surface area is 116 Å². The second-order valence-electron chi connectivity index (χ2n) is 4.05. The lowest BCUT2D eigenvalue weighted by Crippen LogP contribution is -2.22. The van der Waals surface area contributed by atoms with Crippen molar-refractivity contribution in [2.24, 2.45) is 10.9 Å². The van der Waals surface area contributed by atoms with E-state index in [1.165, 1.54) is 11.2 Å². The van der Waals surface area contributed by atoms with E-state index in [0.717, 1.165) is 5.56 Å². The first kappa shape index (κ1) is 13.6. The summed E-state index contributed by atoms with van der Waals surface area (Å²) >= 11 is 0. The quantitative estimate of drug-likeness (QED) is 0.353. The standard InChI is InChI=1S/C13H15N5O2/c1-18(9-19)13-11(15-8-16-13)12(14)17-20-7-10-5-3-2-4-6-10/h2-6,8-9H,7H2,1H3,(H2,14,17)(H,15,16). The Morgan fingerprint density at radius 2 is 2.25 bits per heavy atom. The van der Waals surface area contributed by atoms with Gasteiger partial charge in [-0.2, -0.15) is 0 Å². The number of aromatic nitrogens is 2. The van der Waals surface area contributed by atoms with Gasteiger partial charge >= 0.3 is 0 Å². The molecular formula is C13H15N5O2. The highest BCUT2D eigenvalue weighted by molar-refractivity contribution is 6.01. The number of rotatable bonds is 6. The molecule has 0 fully saturated rings. The molecule has 0 bridgehead atoms. The van der Waals surface area contributed by atoms with Gasteiger partial charge in [-0.25, -0.2) is 4.98 Å². The van der Waals surface area contributed by atoms with Crippen LogP contribution in [0.5, 0.6) is 0 Å². The van der Waals surface area contributed by atoms with Gasteiger partial charge in [-0.05, 0) is 5.56 Å². The van der Waals surface area contributed by atoms with Crippen LogP contribution in [0.3, 0.4) is 0 Å². The van der Waals surface area contributed by atoms with Gasteiger partial charge in [0.1, 0.15) is 12.3 Å². The van der Waals surface area contributed by atoms with Crippen LogP contribution in [0.2, 0.25) is 0 Å². The van der Waals surface area contributed by atoms with Crippen LogP contribution in [-0.4, -0.2) is 29.3 Å². The molecular weight excluding hydrogens is 258 g/mol. The summed E-state index contributed by atoms with van der Waals surface area (Å²) in [5, 5.41) is 3.82. The zero-order valence-corrected chi connectivity index (χ0v) is 11.0. The van der Waals surface area contributed by atoms with E-state index in [0.29, 0.717) is 24.5 Å². The van der Waals surface area contributed by atoms with Crippen LogP contribution in [0.15, 0.2) is 41.8 Å². The summed E-state index contributed by atoms with van der Waals surface area (Å²) in [5.41, 5.74) is 7.23. The van der Waals surface area contributed by atoms with E-state index in [2.05, 4.69) is 15.1 Å². The van der Waals surface area contributed by atoms with Crippen LogP contribution in [0, 0.1) is 0 Å². The lowest BCUT2D eigenvalue weighted by molar-refractivity contribution is -0.107. The monoisotopic (exact) mass is 273 g/mol. The number of amidine groups is 1. The number of oxime groups is 1. The molecule has 7 heteroatoms. The van der Waals surface area contributed by atoms with Crippen molar-refractivity contribution in [3.05, 3.63) is 47.9 Å². The molecule has 20 heavy (non-hydrogen) atoms. The number of hydrogen-bond acceptors (Lipinski definition) is 4. The van der Waals surface area contributed by atoms with Crippen molar-refractivity contribution in [1.82, 2.24) is 9.97 Å². The Kier molecular flexibility index (Phi) is 4.33. The summed E-state index contributed by atoms with van der Waals surface area (Å²) in [6.45, 7) is 0.314. The number of anilines is 1. The van der Waals surface area contributed by atoms with Gasteiger partial charge < -0.3 is 20.5 Å². The third kappa shape index (κ3) is 3.14. The van der Waals surface area contributed by atoms with E-state index < -0.39 is 0 Å². The molecule has 2 rings (SSSR count). The SMILES string of the molecule is CN(C=O)c1nc[nH]c1/C(N)=N/OCc1ccccc1. The van der Waals surface area contributed by atoms with Crippen LogP contribution in [0.4, 0.5) is 5.82 Å². The van der Waals surface area contributed by atoms with Crippen molar-refractivity contribution in [1.29, 1.82) is 0 Å². The first-order valence-corrected chi connectivity index (χ1v) is 5.93. The van der Waals surface area contributed by atoms with Crippen molar-refractivity contribution in [3.63, 3.8) is 0 Å². The van der Waals surface area contributed by atoms with Crippen LogP contribution < -0.4 is 10.6 Å². The van der Waals surface area contributed by atoms with Gasteiger partial charge in [0.25, 0.3) is 0 Å². The Morgan fingerprint density at radius 1 is 1.50 bits per heavy atom. The van der Waals surface area contributed by atoms with E-state index in [1.54, 1.807) is 7.05 Å². The number of H-pyrrole nitrogens is 1. The minimum Gasteiger partial charge on any atom is -0.389 e. The van der Waals surface area contributed by atoms with Gasteiger partial charge in [0, 0.05) is 7.05 Å². The van der Waals surface area contributed by atoms with Crippen LogP contribution in [0.25, 0.3) is 0 Å². The third-order valence-electron chi connectivity index (χ3n) is 2.60. The maximum Gasteiger partial charge on any atom is 0.215 e. The summed E-state index contributed by atoms with van der Waals surface area (Å²) in [6, 6.07) is 9.60. The predicted molar refractivity (Wildman–Crippen MR) is 75.0 cm³/mol. The third-order valence-corrected chi connectivity index (χ3v) is 2.60. The number of carbonyl (C=O) groups excluding carboxylic acids is 1. The number of aromatic amines is 1. The first-order valence-electron chi connectivity index (χ1n) is 5.93. The highest BCUT2D eigenvalue weighted by atomic mass is 16.6. The fourth-order valence-corrected chi connectivity index (χ4v) is 1.59. The van der Waals surface area contributed by atoms with E-state index in [1.807, 2.05) is 30.3 Å². The average Bonchev–Trinajstić information content (AvgIpc) is 2.97. The fraction of sp³-hybridized carbons (Fsp3) is 0.154. The van der Waals surface area contributed by atoms with Crippen molar-refractivity contribution >= 4 is 18.1 Å². The van der Waals surface area contributed by atoms with Crippen LogP contribution >= 0.6 is 0 Å². The molecule has 1 heterocycles. The zero-order valence-electron chi connectivity index (χ0n) is 11.0. The molecule has 0 atom stereocenters. The predicted octanol–water partition coefficient (Wildman–Crippen LogP) is 0.839. The van der Waals surface area contributed by atoms with Crippen molar-refractivity contribution in [3.8, 4) is 0 Å². The molecule has 7 nitrogen and oxygen atoms in total. The molecule has 0 saturated heterocycles. The maximum atomic E-state index is 10.7. The van der Waals surface area contributed by atoms with Crippen LogP contribution in [0.1, 0.15) is 11.3 Å². The molecule has 1 aromatic heterocycles. The van der Waals surface area contributed by atoms with Crippen molar-refractivity contribution < 1.29 is 9.63 Å². The largest absolute Gasteiger partial charge is 0.389 e. The van der Waals surface area contributed by atoms with Gasteiger partial charge in [-0.1, -0.05) is 35.5 Å². The summed E-state index contributed by atoms with van der Waals surface area (Å²) in [5.74, 6) is 0.520. The second-order valence-corrected chi connectivity index (χ2v) is 4.05. The topological polar surface area (TPSA) is 96.6 Å². The Hall–Kier alpha value is -2.83. The molecule has 0 saturated carbocycles. The number of nitrogens with zero attached hydrogens (tertiary/aromatic N) is 3. The molecule has 3 N–H and O–H groups in total. The molecule has 0 spiro atoms. The summed E-state index contributed by atoms with van der Waals surface area (Å²) in [4.78, 5) is 24.0. The molecule has 2 aromatic rings. The van der Waals surface area contributed by atoms with E-state index >= 15 is 0 Å². The first-order chi connectivity index (χ1) is 9.72. The lowest BCUT2D eigenvalue weighted by Gasteiger charge is -2.09. The second kappa shape index (κ2) is 6.37. The van der Waals surface area contributed by atoms with Gasteiger partial charge in [0.05, 0.1) is 6.33 Å². The summed E-state index contributed by atoms with van der Waals surface area (Å²) < 4.78 is 0.